The van der Waals surface area contributed by atoms with Crippen LogP contribution in [0.2, 0.25) is 0 Å². The minimum absolute atomic E-state index is 0.168. The molecule has 2 nitrogen and oxygen atoms in total. The van der Waals surface area contributed by atoms with Crippen molar-refractivity contribution >= 4 is 0 Å². The highest BCUT2D eigenvalue weighted by Gasteiger charge is 2.45. The zero-order valence-corrected chi connectivity index (χ0v) is 10.9. The standard InChI is InChI=1S/C15H20N2/c1-11-5-6-12(2)13(9-11)14(17-3)15(10-16)7-4-8-15/h5-6,9,14,17H,4,7-8H2,1-3H3. The van der Waals surface area contributed by atoms with Gasteiger partial charge in [-0.3, -0.25) is 0 Å². The minimum atomic E-state index is -0.187. The van der Waals surface area contributed by atoms with Gasteiger partial charge in [-0.1, -0.05) is 30.2 Å². The van der Waals surface area contributed by atoms with E-state index < -0.39 is 0 Å². The van der Waals surface area contributed by atoms with E-state index in [2.05, 4.69) is 43.4 Å². The minimum Gasteiger partial charge on any atom is -0.312 e. The lowest BCUT2D eigenvalue weighted by Gasteiger charge is -2.42. The molecule has 0 aromatic heterocycles. The van der Waals surface area contributed by atoms with Crippen molar-refractivity contribution in [2.45, 2.75) is 39.2 Å². The summed E-state index contributed by atoms with van der Waals surface area (Å²) in [6, 6.07) is 9.21. The van der Waals surface area contributed by atoms with Crippen molar-refractivity contribution in [3.05, 3.63) is 34.9 Å². The van der Waals surface area contributed by atoms with Crippen LogP contribution >= 0.6 is 0 Å². The SMILES string of the molecule is CNC(c1cc(C)ccc1C)C1(C#N)CCC1. The fraction of sp³-hybridized carbons (Fsp3) is 0.533. The van der Waals surface area contributed by atoms with Crippen molar-refractivity contribution < 1.29 is 0 Å². The molecule has 0 aliphatic heterocycles. The van der Waals surface area contributed by atoms with Gasteiger partial charge in [-0.05, 0) is 44.9 Å². The topological polar surface area (TPSA) is 35.8 Å². The first-order valence-corrected chi connectivity index (χ1v) is 6.28. The van der Waals surface area contributed by atoms with E-state index in [9.17, 15) is 5.26 Å². The quantitative estimate of drug-likeness (QED) is 0.862. The van der Waals surface area contributed by atoms with Crippen LogP contribution in [0, 0.1) is 30.6 Å². The molecule has 0 bridgehead atoms. The number of benzene rings is 1. The summed E-state index contributed by atoms with van der Waals surface area (Å²) < 4.78 is 0. The molecular weight excluding hydrogens is 208 g/mol. The molecule has 2 heteroatoms. The highest BCUT2D eigenvalue weighted by molar-refractivity contribution is 5.36. The van der Waals surface area contributed by atoms with E-state index in [1.165, 1.54) is 23.1 Å². The third kappa shape index (κ3) is 1.96. The lowest BCUT2D eigenvalue weighted by atomic mass is 9.63. The second-order valence-electron chi connectivity index (χ2n) is 5.20. The molecule has 1 aliphatic rings. The third-order valence-corrected chi connectivity index (χ3v) is 4.06. The Hall–Kier alpha value is -1.33. The van der Waals surface area contributed by atoms with Crippen molar-refractivity contribution in [1.82, 2.24) is 5.32 Å². The Morgan fingerprint density at radius 3 is 2.53 bits per heavy atom. The van der Waals surface area contributed by atoms with Gasteiger partial charge in [0.25, 0.3) is 0 Å². The van der Waals surface area contributed by atoms with Crippen LogP contribution in [0.3, 0.4) is 0 Å². The second-order valence-corrected chi connectivity index (χ2v) is 5.20. The third-order valence-electron chi connectivity index (χ3n) is 4.06. The van der Waals surface area contributed by atoms with Crippen LogP contribution in [0.4, 0.5) is 0 Å². The van der Waals surface area contributed by atoms with Gasteiger partial charge in [0, 0.05) is 0 Å². The first kappa shape index (κ1) is 12.1. The molecule has 1 fully saturated rings. The van der Waals surface area contributed by atoms with Gasteiger partial charge >= 0.3 is 0 Å². The lowest BCUT2D eigenvalue weighted by Crippen LogP contribution is -2.41. The average molecular weight is 228 g/mol. The molecule has 1 unspecified atom stereocenters. The number of nitrogens with one attached hydrogen (secondary N) is 1. The summed E-state index contributed by atoms with van der Waals surface area (Å²) in [6.45, 7) is 4.23. The number of hydrogen-bond acceptors (Lipinski definition) is 2. The molecule has 2 rings (SSSR count). The molecule has 90 valence electrons. The van der Waals surface area contributed by atoms with Crippen LogP contribution in [-0.4, -0.2) is 7.05 Å². The summed E-state index contributed by atoms with van der Waals surface area (Å²) >= 11 is 0. The van der Waals surface area contributed by atoms with E-state index in [-0.39, 0.29) is 11.5 Å². The maximum absolute atomic E-state index is 9.47. The highest BCUT2D eigenvalue weighted by atomic mass is 14.9. The Labute approximate surface area is 104 Å². The van der Waals surface area contributed by atoms with Gasteiger partial charge in [-0.15, -0.1) is 0 Å². The van der Waals surface area contributed by atoms with E-state index in [0.29, 0.717) is 0 Å². The Morgan fingerprint density at radius 1 is 1.35 bits per heavy atom. The predicted molar refractivity (Wildman–Crippen MR) is 69.6 cm³/mol. The van der Waals surface area contributed by atoms with E-state index in [4.69, 9.17) is 0 Å². The number of nitrogens with zero attached hydrogens (tertiary/aromatic N) is 1. The van der Waals surface area contributed by atoms with E-state index >= 15 is 0 Å². The fourth-order valence-corrected chi connectivity index (χ4v) is 2.82. The molecule has 1 aromatic rings. The first-order valence-electron chi connectivity index (χ1n) is 6.28. The zero-order chi connectivity index (χ0) is 12.5. The molecule has 0 heterocycles. The molecular formula is C15H20N2. The Balaban J connectivity index is 2.42. The van der Waals surface area contributed by atoms with Crippen molar-refractivity contribution in [2.24, 2.45) is 5.41 Å². The van der Waals surface area contributed by atoms with Gasteiger partial charge in [0.2, 0.25) is 0 Å². The smallest absolute Gasteiger partial charge is 0.0768 e. The largest absolute Gasteiger partial charge is 0.312 e. The number of aryl methyl sites for hydroxylation is 2. The maximum Gasteiger partial charge on any atom is 0.0768 e. The lowest BCUT2D eigenvalue weighted by molar-refractivity contribution is 0.148. The van der Waals surface area contributed by atoms with Crippen molar-refractivity contribution in [1.29, 1.82) is 5.26 Å². The summed E-state index contributed by atoms with van der Waals surface area (Å²) in [5.41, 5.74) is 3.64. The maximum atomic E-state index is 9.47. The molecule has 1 aliphatic carbocycles. The molecule has 1 saturated carbocycles. The summed E-state index contributed by atoms with van der Waals surface area (Å²) in [4.78, 5) is 0. The van der Waals surface area contributed by atoms with E-state index in [1.54, 1.807) is 0 Å². The van der Waals surface area contributed by atoms with Crippen LogP contribution in [0.5, 0.6) is 0 Å². The number of hydrogen-bond donors (Lipinski definition) is 1. The molecule has 0 amide bonds. The summed E-state index contributed by atoms with van der Waals surface area (Å²) in [6.07, 6.45) is 3.21. The molecule has 1 aromatic carbocycles. The van der Waals surface area contributed by atoms with Gasteiger partial charge in [0.15, 0.2) is 0 Å². The van der Waals surface area contributed by atoms with Crippen molar-refractivity contribution in [3.63, 3.8) is 0 Å². The molecule has 0 radical (unpaired) electrons. The van der Waals surface area contributed by atoms with Crippen molar-refractivity contribution in [2.75, 3.05) is 7.05 Å². The molecule has 0 saturated heterocycles. The van der Waals surface area contributed by atoms with Gasteiger partial charge in [-0.25, -0.2) is 0 Å². The van der Waals surface area contributed by atoms with Crippen LogP contribution in [0.15, 0.2) is 18.2 Å². The normalized spacial score (nSPS) is 19.2. The van der Waals surface area contributed by atoms with Crippen LogP contribution in [0.1, 0.15) is 42.0 Å². The van der Waals surface area contributed by atoms with Gasteiger partial charge < -0.3 is 5.32 Å². The van der Waals surface area contributed by atoms with Gasteiger partial charge in [0.05, 0.1) is 17.5 Å². The molecule has 17 heavy (non-hydrogen) atoms. The first-order chi connectivity index (χ1) is 8.13. The summed E-state index contributed by atoms with van der Waals surface area (Å²) in [7, 11) is 1.96. The Morgan fingerprint density at radius 2 is 2.06 bits per heavy atom. The van der Waals surface area contributed by atoms with Crippen LogP contribution in [-0.2, 0) is 0 Å². The Kier molecular flexibility index (Phi) is 3.22. The second kappa shape index (κ2) is 4.50. The monoisotopic (exact) mass is 228 g/mol. The molecule has 1 atom stereocenters. The zero-order valence-electron chi connectivity index (χ0n) is 10.9. The number of nitriles is 1. The molecule has 1 N–H and O–H groups in total. The fourth-order valence-electron chi connectivity index (χ4n) is 2.82. The van der Waals surface area contributed by atoms with Gasteiger partial charge in [0.1, 0.15) is 0 Å². The number of rotatable bonds is 3. The van der Waals surface area contributed by atoms with Crippen LogP contribution in [0.25, 0.3) is 0 Å². The predicted octanol–water partition coefficient (Wildman–Crippen LogP) is 3.26. The van der Waals surface area contributed by atoms with Gasteiger partial charge in [-0.2, -0.15) is 5.26 Å². The highest BCUT2D eigenvalue weighted by Crippen LogP contribution is 2.50. The summed E-state index contributed by atoms with van der Waals surface area (Å²) in [5, 5.41) is 12.8. The summed E-state index contributed by atoms with van der Waals surface area (Å²) in [5.74, 6) is 0. The van der Waals surface area contributed by atoms with Crippen LogP contribution < -0.4 is 5.32 Å². The van der Waals surface area contributed by atoms with E-state index in [0.717, 1.165) is 12.8 Å². The average Bonchev–Trinajstić information content (AvgIpc) is 2.27. The molecule has 0 spiro atoms. The Bertz CT molecular complexity index is 452. The van der Waals surface area contributed by atoms with Crippen molar-refractivity contribution in [3.8, 4) is 6.07 Å². The van der Waals surface area contributed by atoms with E-state index in [1.807, 2.05) is 7.05 Å².